The first kappa shape index (κ1) is 11.1. The van der Waals surface area contributed by atoms with Crippen LogP contribution in [0, 0.1) is 11.8 Å². The van der Waals surface area contributed by atoms with E-state index in [0.717, 1.165) is 28.3 Å². The summed E-state index contributed by atoms with van der Waals surface area (Å²) in [6.07, 6.45) is 4.85. The summed E-state index contributed by atoms with van der Waals surface area (Å²) in [6, 6.07) is 0. The maximum absolute atomic E-state index is 5.77. The Labute approximate surface area is 99.0 Å². The second-order valence-electron chi connectivity index (χ2n) is 4.13. The molecule has 15 heavy (non-hydrogen) atoms. The van der Waals surface area contributed by atoms with Gasteiger partial charge in [0, 0.05) is 6.54 Å². The Kier molecular flexibility index (Phi) is 3.41. The molecule has 0 aromatic carbocycles. The number of nitrogens with one attached hydrogen (secondary N) is 1. The van der Waals surface area contributed by atoms with Crippen LogP contribution in [0.1, 0.15) is 19.8 Å². The molecule has 1 aromatic rings. The number of nitrogens with zero attached hydrogens (tertiary/aromatic N) is 1. The molecule has 0 aliphatic heterocycles. The van der Waals surface area contributed by atoms with Gasteiger partial charge in [0.25, 0.3) is 0 Å². The van der Waals surface area contributed by atoms with Crippen molar-refractivity contribution in [3.8, 4) is 0 Å². The van der Waals surface area contributed by atoms with E-state index < -0.39 is 0 Å². The van der Waals surface area contributed by atoms with E-state index in [2.05, 4.69) is 16.6 Å². The van der Waals surface area contributed by atoms with Crippen LogP contribution >= 0.6 is 23.3 Å². The minimum Gasteiger partial charge on any atom is -0.382 e. The van der Waals surface area contributed by atoms with Gasteiger partial charge in [0.2, 0.25) is 0 Å². The molecule has 84 valence electrons. The molecule has 1 aliphatic rings. The quantitative estimate of drug-likeness (QED) is 0.781. The highest BCUT2D eigenvalue weighted by molar-refractivity contribution is 7.99. The first-order valence-electron chi connectivity index (χ1n) is 5.25. The van der Waals surface area contributed by atoms with E-state index in [1.807, 2.05) is 6.26 Å². The minimum absolute atomic E-state index is 0.661. The summed E-state index contributed by atoms with van der Waals surface area (Å²) in [5.74, 6) is 2.37. The van der Waals surface area contributed by atoms with Gasteiger partial charge in [0.15, 0.2) is 5.82 Å². The van der Waals surface area contributed by atoms with Crippen molar-refractivity contribution in [2.45, 2.75) is 24.7 Å². The molecule has 1 heterocycles. The number of nitrogens with two attached hydrogens (primary N) is 1. The number of thioether (sulfide) groups is 1. The molecule has 1 aromatic heterocycles. The standard InChI is InChI=1S/C10H17N3S2/c1-6(7-3-4-7)5-12-10-8(14-2)9(11)13-15-10/h6-7,12H,3-5H2,1-2H3,(H2,11,13). The second-order valence-corrected chi connectivity index (χ2v) is 5.72. The lowest BCUT2D eigenvalue weighted by molar-refractivity contribution is 0.537. The molecule has 1 unspecified atom stereocenters. The summed E-state index contributed by atoms with van der Waals surface area (Å²) in [6.45, 7) is 3.35. The fraction of sp³-hybridized carbons (Fsp3) is 0.700. The molecule has 0 spiro atoms. The Morgan fingerprint density at radius 1 is 1.67 bits per heavy atom. The van der Waals surface area contributed by atoms with Gasteiger partial charge in [-0.3, -0.25) is 0 Å². The molecular weight excluding hydrogens is 226 g/mol. The lowest BCUT2D eigenvalue weighted by Crippen LogP contribution is -2.12. The topological polar surface area (TPSA) is 50.9 Å². The predicted molar refractivity (Wildman–Crippen MR) is 68.7 cm³/mol. The molecule has 2 rings (SSSR count). The number of hydrogen-bond donors (Lipinski definition) is 2. The van der Waals surface area contributed by atoms with E-state index >= 15 is 0 Å². The number of nitrogen functional groups attached to an aromatic ring is 1. The van der Waals surface area contributed by atoms with Gasteiger partial charge in [0.05, 0.1) is 4.90 Å². The van der Waals surface area contributed by atoms with Crippen molar-refractivity contribution in [1.29, 1.82) is 0 Å². The van der Waals surface area contributed by atoms with Crippen LogP contribution in [0.25, 0.3) is 0 Å². The third-order valence-corrected chi connectivity index (χ3v) is 4.66. The summed E-state index contributed by atoms with van der Waals surface area (Å²) in [5.41, 5.74) is 5.77. The largest absolute Gasteiger partial charge is 0.382 e. The van der Waals surface area contributed by atoms with Crippen LogP contribution in [0.15, 0.2) is 4.90 Å². The first-order chi connectivity index (χ1) is 7.22. The number of hydrogen-bond acceptors (Lipinski definition) is 5. The molecule has 0 amide bonds. The van der Waals surface area contributed by atoms with Crippen LogP contribution in [-0.2, 0) is 0 Å². The van der Waals surface area contributed by atoms with Gasteiger partial charge in [-0.15, -0.1) is 11.8 Å². The van der Waals surface area contributed by atoms with Crippen molar-refractivity contribution >= 4 is 34.1 Å². The fourth-order valence-corrected chi connectivity index (χ4v) is 3.24. The van der Waals surface area contributed by atoms with Crippen molar-refractivity contribution in [2.75, 3.05) is 23.9 Å². The smallest absolute Gasteiger partial charge is 0.153 e. The van der Waals surface area contributed by atoms with Crippen LogP contribution in [-0.4, -0.2) is 17.2 Å². The van der Waals surface area contributed by atoms with E-state index in [0.29, 0.717) is 5.82 Å². The summed E-state index contributed by atoms with van der Waals surface area (Å²) in [5, 5.41) is 4.59. The third-order valence-electron chi connectivity index (χ3n) is 2.89. The van der Waals surface area contributed by atoms with Gasteiger partial charge in [-0.1, -0.05) is 6.92 Å². The van der Waals surface area contributed by atoms with Crippen molar-refractivity contribution in [3.05, 3.63) is 0 Å². The van der Waals surface area contributed by atoms with E-state index in [1.165, 1.54) is 24.4 Å². The maximum atomic E-state index is 5.77. The van der Waals surface area contributed by atoms with Gasteiger partial charge in [-0.25, -0.2) is 0 Å². The maximum Gasteiger partial charge on any atom is 0.153 e. The number of rotatable bonds is 5. The van der Waals surface area contributed by atoms with Gasteiger partial charge in [-0.05, 0) is 42.5 Å². The number of anilines is 2. The van der Waals surface area contributed by atoms with E-state index in [-0.39, 0.29) is 0 Å². The molecule has 5 heteroatoms. The molecule has 3 N–H and O–H groups in total. The van der Waals surface area contributed by atoms with Crippen LogP contribution in [0.5, 0.6) is 0 Å². The van der Waals surface area contributed by atoms with Crippen LogP contribution in [0.2, 0.25) is 0 Å². The molecular formula is C10H17N3S2. The minimum atomic E-state index is 0.661. The molecule has 0 saturated heterocycles. The highest BCUT2D eigenvalue weighted by Crippen LogP contribution is 2.38. The Balaban J connectivity index is 1.91. The summed E-state index contributed by atoms with van der Waals surface area (Å²) < 4.78 is 4.16. The van der Waals surface area contributed by atoms with Crippen molar-refractivity contribution in [2.24, 2.45) is 11.8 Å². The van der Waals surface area contributed by atoms with E-state index in [9.17, 15) is 0 Å². The molecule has 1 saturated carbocycles. The SMILES string of the molecule is CSc1c(N)nsc1NCC(C)C1CC1. The number of aromatic nitrogens is 1. The molecule has 0 radical (unpaired) electrons. The zero-order chi connectivity index (χ0) is 10.8. The molecule has 1 fully saturated rings. The van der Waals surface area contributed by atoms with Gasteiger partial charge in [-0.2, -0.15) is 4.37 Å². The molecule has 3 nitrogen and oxygen atoms in total. The molecule has 1 aliphatic carbocycles. The van der Waals surface area contributed by atoms with Gasteiger partial charge < -0.3 is 11.1 Å². The first-order valence-corrected chi connectivity index (χ1v) is 7.25. The van der Waals surface area contributed by atoms with Crippen LogP contribution in [0.4, 0.5) is 10.8 Å². The lowest BCUT2D eigenvalue weighted by Gasteiger charge is -2.11. The van der Waals surface area contributed by atoms with Crippen molar-refractivity contribution < 1.29 is 0 Å². The third kappa shape index (κ3) is 2.58. The Hall–Kier alpha value is -0.420. The van der Waals surface area contributed by atoms with Crippen molar-refractivity contribution in [1.82, 2.24) is 4.37 Å². The molecule has 1 atom stereocenters. The zero-order valence-corrected chi connectivity index (χ0v) is 10.8. The average Bonchev–Trinajstić information content (AvgIpc) is 3.00. The summed E-state index contributed by atoms with van der Waals surface area (Å²) in [7, 11) is 0. The normalized spacial score (nSPS) is 17.7. The van der Waals surface area contributed by atoms with Gasteiger partial charge in [0.1, 0.15) is 5.00 Å². The Morgan fingerprint density at radius 2 is 2.40 bits per heavy atom. The van der Waals surface area contributed by atoms with E-state index in [4.69, 9.17) is 5.73 Å². The Morgan fingerprint density at radius 3 is 3.00 bits per heavy atom. The van der Waals surface area contributed by atoms with Crippen LogP contribution in [0.3, 0.4) is 0 Å². The fourth-order valence-electron chi connectivity index (χ4n) is 1.69. The lowest BCUT2D eigenvalue weighted by atomic mass is 10.1. The Bertz CT molecular complexity index is 333. The monoisotopic (exact) mass is 243 g/mol. The molecule has 0 bridgehead atoms. The zero-order valence-electron chi connectivity index (χ0n) is 9.12. The van der Waals surface area contributed by atoms with Gasteiger partial charge >= 0.3 is 0 Å². The second kappa shape index (κ2) is 4.61. The predicted octanol–water partition coefficient (Wildman–Crippen LogP) is 2.91. The van der Waals surface area contributed by atoms with Crippen LogP contribution < -0.4 is 11.1 Å². The highest BCUT2D eigenvalue weighted by Gasteiger charge is 2.27. The highest BCUT2D eigenvalue weighted by atomic mass is 32.2. The van der Waals surface area contributed by atoms with Crippen molar-refractivity contribution in [3.63, 3.8) is 0 Å². The average molecular weight is 243 g/mol. The van der Waals surface area contributed by atoms with E-state index in [1.54, 1.807) is 11.8 Å². The summed E-state index contributed by atoms with van der Waals surface area (Å²) >= 11 is 3.13. The summed E-state index contributed by atoms with van der Waals surface area (Å²) in [4.78, 5) is 1.10.